The van der Waals surface area contributed by atoms with E-state index in [9.17, 15) is 0 Å². The van der Waals surface area contributed by atoms with Gasteiger partial charge in [-0.2, -0.15) is 0 Å². The fourth-order valence-corrected chi connectivity index (χ4v) is 2.80. The van der Waals surface area contributed by atoms with E-state index in [1.54, 1.807) is 0 Å². The topological polar surface area (TPSA) is 50.9 Å². The minimum Gasteiger partial charge on any atom is -0.271 e. The number of nitrogens with one attached hydrogen (secondary N) is 1. The average Bonchev–Trinajstić information content (AvgIpc) is 2.52. The molecule has 0 spiro atoms. The second-order valence-corrected chi connectivity index (χ2v) is 5.31. The molecular formula is C18H19N3. The van der Waals surface area contributed by atoms with Crippen molar-refractivity contribution in [3.63, 3.8) is 0 Å². The molecule has 2 aromatic carbocycles. The maximum Gasteiger partial charge on any atom is 0.0719 e. The molecule has 0 aliphatic carbocycles. The van der Waals surface area contributed by atoms with Crippen LogP contribution >= 0.6 is 0 Å². The fourth-order valence-electron chi connectivity index (χ4n) is 2.80. The Bertz CT molecular complexity index is 775. The Hall–Kier alpha value is -2.23. The maximum absolute atomic E-state index is 5.88. The highest BCUT2D eigenvalue weighted by Gasteiger charge is 2.17. The van der Waals surface area contributed by atoms with E-state index in [0.717, 1.165) is 16.5 Å². The van der Waals surface area contributed by atoms with Crippen molar-refractivity contribution in [2.45, 2.75) is 19.9 Å². The van der Waals surface area contributed by atoms with Gasteiger partial charge in [0.25, 0.3) is 0 Å². The summed E-state index contributed by atoms with van der Waals surface area (Å²) in [4.78, 5) is 4.42. The van der Waals surface area contributed by atoms with Crippen LogP contribution in [0, 0.1) is 13.8 Å². The first-order valence-corrected chi connectivity index (χ1v) is 7.08. The molecule has 3 rings (SSSR count). The summed E-state index contributed by atoms with van der Waals surface area (Å²) in [5.41, 5.74) is 8.84. The highest BCUT2D eigenvalue weighted by molar-refractivity contribution is 5.82. The first-order chi connectivity index (χ1) is 10.2. The zero-order chi connectivity index (χ0) is 14.8. The predicted octanol–water partition coefficient (Wildman–Crippen LogP) is 3.40. The second kappa shape index (κ2) is 5.64. The number of hydrogen-bond donors (Lipinski definition) is 2. The summed E-state index contributed by atoms with van der Waals surface area (Å²) in [6, 6.07) is 16.5. The monoisotopic (exact) mass is 277 g/mol. The van der Waals surface area contributed by atoms with E-state index in [2.05, 4.69) is 48.5 Å². The standard InChI is InChI=1S/C18H19N3/c1-12-6-5-8-14(13(12)2)18(21-19)16-10-11-20-17-9-4-3-7-15(16)17/h3-11,18,21H,19H2,1-2H3. The normalized spacial score (nSPS) is 12.5. The van der Waals surface area contributed by atoms with Crippen molar-refractivity contribution in [1.29, 1.82) is 0 Å². The van der Waals surface area contributed by atoms with Crippen molar-refractivity contribution in [3.8, 4) is 0 Å². The number of rotatable bonds is 3. The number of aromatic nitrogens is 1. The van der Waals surface area contributed by atoms with Crippen LogP contribution in [0.15, 0.2) is 54.7 Å². The molecule has 1 aromatic heterocycles. The summed E-state index contributed by atoms with van der Waals surface area (Å²) in [7, 11) is 0. The van der Waals surface area contributed by atoms with E-state index in [0.29, 0.717) is 0 Å². The number of fused-ring (bicyclic) bond motifs is 1. The Balaban J connectivity index is 2.21. The Labute approximate surface area is 124 Å². The van der Waals surface area contributed by atoms with Gasteiger partial charge in [-0.05, 0) is 48.2 Å². The van der Waals surface area contributed by atoms with Crippen molar-refractivity contribution in [1.82, 2.24) is 10.4 Å². The molecule has 0 bridgehead atoms. The lowest BCUT2D eigenvalue weighted by Gasteiger charge is -2.21. The van der Waals surface area contributed by atoms with E-state index >= 15 is 0 Å². The van der Waals surface area contributed by atoms with Crippen LogP contribution in [0.1, 0.15) is 28.3 Å². The molecule has 0 radical (unpaired) electrons. The number of aryl methyl sites for hydroxylation is 1. The third-order valence-electron chi connectivity index (χ3n) is 4.12. The van der Waals surface area contributed by atoms with Gasteiger partial charge in [-0.1, -0.05) is 36.4 Å². The van der Waals surface area contributed by atoms with Crippen LogP contribution in [-0.4, -0.2) is 4.98 Å². The number of nitrogens with two attached hydrogens (primary N) is 1. The van der Waals surface area contributed by atoms with Crippen LogP contribution in [0.25, 0.3) is 10.9 Å². The third kappa shape index (κ3) is 2.42. The fraction of sp³-hybridized carbons (Fsp3) is 0.167. The van der Waals surface area contributed by atoms with Crippen molar-refractivity contribution >= 4 is 10.9 Å². The molecule has 0 fully saturated rings. The number of nitrogens with zero attached hydrogens (tertiary/aromatic N) is 1. The molecule has 21 heavy (non-hydrogen) atoms. The minimum atomic E-state index is -0.0437. The lowest BCUT2D eigenvalue weighted by atomic mass is 9.91. The molecule has 1 heterocycles. The van der Waals surface area contributed by atoms with Crippen molar-refractivity contribution in [3.05, 3.63) is 77.0 Å². The largest absolute Gasteiger partial charge is 0.271 e. The number of pyridine rings is 1. The lowest BCUT2D eigenvalue weighted by molar-refractivity contribution is 0.636. The summed E-state index contributed by atoms with van der Waals surface area (Å²) < 4.78 is 0. The third-order valence-corrected chi connectivity index (χ3v) is 4.12. The lowest BCUT2D eigenvalue weighted by Crippen LogP contribution is -2.29. The molecule has 0 amide bonds. The number of para-hydroxylation sites is 1. The molecule has 0 aliphatic rings. The highest BCUT2D eigenvalue weighted by Crippen LogP contribution is 2.30. The van der Waals surface area contributed by atoms with E-state index in [4.69, 9.17) is 5.84 Å². The molecule has 3 nitrogen and oxygen atoms in total. The van der Waals surface area contributed by atoms with Gasteiger partial charge in [-0.3, -0.25) is 10.8 Å². The van der Waals surface area contributed by atoms with Gasteiger partial charge < -0.3 is 0 Å². The van der Waals surface area contributed by atoms with Gasteiger partial charge >= 0.3 is 0 Å². The maximum atomic E-state index is 5.88. The molecule has 3 N–H and O–H groups in total. The average molecular weight is 277 g/mol. The molecule has 0 saturated heterocycles. The van der Waals surface area contributed by atoms with Gasteiger partial charge in [0.1, 0.15) is 0 Å². The van der Waals surface area contributed by atoms with Crippen LogP contribution in [0.3, 0.4) is 0 Å². The smallest absolute Gasteiger partial charge is 0.0719 e. The van der Waals surface area contributed by atoms with Crippen molar-refractivity contribution in [2.75, 3.05) is 0 Å². The second-order valence-electron chi connectivity index (χ2n) is 5.31. The number of hydrazine groups is 1. The SMILES string of the molecule is Cc1cccc(C(NN)c2ccnc3ccccc23)c1C. The summed E-state index contributed by atoms with van der Waals surface area (Å²) in [5.74, 6) is 5.88. The Morgan fingerprint density at radius 2 is 1.76 bits per heavy atom. The first-order valence-electron chi connectivity index (χ1n) is 7.08. The summed E-state index contributed by atoms with van der Waals surface area (Å²) in [6.07, 6.45) is 1.84. The molecular weight excluding hydrogens is 258 g/mol. The van der Waals surface area contributed by atoms with Gasteiger partial charge in [-0.15, -0.1) is 0 Å². The van der Waals surface area contributed by atoms with Gasteiger partial charge in [0, 0.05) is 11.6 Å². The van der Waals surface area contributed by atoms with E-state index in [-0.39, 0.29) is 6.04 Å². The zero-order valence-electron chi connectivity index (χ0n) is 12.3. The molecule has 0 saturated carbocycles. The quantitative estimate of drug-likeness (QED) is 0.570. The zero-order valence-corrected chi connectivity index (χ0v) is 12.3. The van der Waals surface area contributed by atoms with Crippen molar-refractivity contribution in [2.24, 2.45) is 5.84 Å². The summed E-state index contributed by atoms with van der Waals surface area (Å²) in [5, 5.41) is 1.13. The molecule has 3 aromatic rings. The van der Waals surface area contributed by atoms with E-state index in [1.165, 1.54) is 16.7 Å². The summed E-state index contributed by atoms with van der Waals surface area (Å²) >= 11 is 0. The van der Waals surface area contributed by atoms with Crippen LogP contribution in [0.2, 0.25) is 0 Å². The predicted molar refractivity (Wildman–Crippen MR) is 86.8 cm³/mol. The van der Waals surface area contributed by atoms with E-state index < -0.39 is 0 Å². The number of benzene rings is 2. The molecule has 106 valence electrons. The summed E-state index contributed by atoms with van der Waals surface area (Å²) in [6.45, 7) is 4.26. The van der Waals surface area contributed by atoms with Gasteiger partial charge in [-0.25, -0.2) is 5.43 Å². The van der Waals surface area contributed by atoms with Crippen LogP contribution in [-0.2, 0) is 0 Å². The van der Waals surface area contributed by atoms with Gasteiger partial charge in [0.2, 0.25) is 0 Å². The van der Waals surface area contributed by atoms with Crippen LogP contribution < -0.4 is 11.3 Å². The highest BCUT2D eigenvalue weighted by atomic mass is 15.2. The number of hydrogen-bond acceptors (Lipinski definition) is 3. The minimum absolute atomic E-state index is 0.0437. The van der Waals surface area contributed by atoms with Crippen LogP contribution in [0.5, 0.6) is 0 Å². The molecule has 1 unspecified atom stereocenters. The van der Waals surface area contributed by atoms with Gasteiger partial charge in [0.15, 0.2) is 0 Å². The van der Waals surface area contributed by atoms with E-state index in [1.807, 2.05) is 30.5 Å². The molecule has 1 atom stereocenters. The molecule has 3 heteroatoms. The Morgan fingerprint density at radius 3 is 2.57 bits per heavy atom. The Morgan fingerprint density at radius 1 is 0.952 bits per heavy atom. The van der Waals surface area contributed by atoms with Gasteiger partial charge in [0.05, 0.1) is 11.6 Å². The first kappa shape index (κ1) is 13.7. The Kier molecular flexibility index (Phi) is 3.69. The molecule has 0 aliphatic heterocycles. The van der Waals surface area contributed by atoms with Crippen LogP contribution in [0.4, 0.5) is 0 Å². The van der Waals surface area contributed by atoms with Crippen molar-refractivity contribution < 1.29 is 0 Å².